The van der Waals surface area contributed by atoms with Gasteiger partial charge >= 0.3 is 0 Å². The summed E-state index contributed by atoms with van der Waals surface area (Å²) in [5.74, 6) is 0.861. The molecule has 0 spiro atoms. The Morgan fingerprint density at radius 2 is 1.36 bits per heavy atom. The van der Waals surface area contributed by atoms with Gasteiger partial charge in [-0.05, 0) is 41.7 Å². The second-order valence-electron chi connectivity index (χ2n) is 7.45. The van der Waals surface area contributed by atoms with Gasteiger partial charge in [-0.2, -0.15) is 0 Å². The van der Waals surface area contributed by atoms with Crippen molar-refractivity contribution in [3.63, 3.8) is 0 Å². The second-order valence-corrected chi connectivity index (χ2v) is 7.45. The van der Waals surface area contributed by atoms with Gasteiger partial charge in [0.05, 0.1) is 12.2 Å². The molecule has 0 radical (unpaired) electrons. The average Bonchev–Trinajstić information content (AvgIpc) is 2.84. The standard InChI is InChI=1S/C27H30O6/c1-19(28)26-23(13-14-29-2)27(25(33-18-31-4)16-24(26)32-17-30-3)22-12-8-11-21(15-22)20-9-6-5-7-10-20/h5-12,15-16H,13-14,17-18H2,1-4H3. The van der Waals surface area contributed by atoms with Crippen molar-refractivity contribution in [1.82, 2.24) is 0 Å². The maximum atomic E-state index is 12.8. The van der Waals surface area contributed by atoms with E-state index in [1.807, 2.05) is 30.3 Å². The van der Waals surface area contributed by atoms with Crippen molar-refractivity contribution in [2.45, 2.75) is 13.3 Å². The highest BCUT2D eigenvalue weighted by Gasteiger charge is 2.24. The smallest absolute Gasteiger partial charge is 0.188 e. The Kier molecular flexibility index (Phi) is 9.01. The number of hydrogen-bond acceptors (Lipinski definition) is 6. The van der Waals surface area contributed by atoms with E-state index >= 15 is 0 Å². The molecule has 0 bridgehead atoms. The summed E-state index contributed by atoms with van der Waals surface area (Å²) in [6, 6.07) is 20.0. The Labute approximate surface area is 195 Å². The lowest BCUT2D eigenvalue weighted by Crippen LogP contribution is -2.12. The fourth-order valence-corrected chi connectivity index (χ4v) is 3.80. The highest BCUT2D eigenvalue weighted by molar-refractivity contribution is 6.01. The van der Waals surface area contributed by atoms with Crippen molar-refractivity contribution in [2.24, 2.45) is 0 Å². The zero-order valence-corrected chi connectivity index (χ0v) is 19.6. The lowest BCUT2D eigenvalue weighted by molar-refractivity contribution is 0.0457. The van der Waals surface area contributed by atoms with Crippen LogP contribution in [-0.4, -0.2) is 47.3 Å². The van der Waals surface area contributed by atoms with Gasteiger partial charge < -0.3 is 23.7 Å². The van der Waals surface area contributed by atoms with Crippen LogP contribution in [0.1, 0.15) is 22.8 Å². The fraction of sp³-hybridized carbons (Fsp3) is 0.296. The molecule has 3 aromatic carbocycles. The Bertz CT molecular complexity index is 1060. The number of methoxy groups -OCH3 is 3. The SMILES string of the molecule is COCCc1c(C(C)=O)c(OCOC)cc(OCOC)c1-c1cccc(-c2ccccc2)c1. The molecule has 0 aliphatic heterocycles. The summed E-state index contributed by atoms with van der Waals surface area (Å²) in [6.07, 6.45) is 0.504. The topological polar surface area (TPSA) is 63.2 Å². The summed E-state index contributed by atoms with van der Waals surface area (Å²) in [4.78, 5) is 12.8. The van der Waals surface area contributed by atoms with Gasteiger partial charge in [0, 0.05) is 33.0 Å². The van der Waals surface area contributed by atoms with Gasteiger partial charge in [-0.1, -0.05) is 48.5 Å². The van der Waals surface area contributed by atoms with Crippen molar-refractivity contribution in [2.75, 3.05) is 41.5 Å². The monoisotopic (exact) mass is 450 g/mol. The molecule has 0 N–H and O–H groups in total. The molecule has 3 aromatic rings. The third-order valence-electron chi connectivity index (χ3n) is 5.19. The van der Waals surface area contributed by atoms with E-state index in [9.17, 15) is 4.79 Å². The van der Waals surface area contributed by atoms with E-state index in [2.05, 4.69) is 24.3 Å². The molecule has 0 aliphatic rings. The Hall–Kier alpha value is -3.19. The molecule has 0 aliphatic carbocycles. The minimum atomic E-state index is -0.106. The minimum absolute atomic E-state index is 0.0105. The lowest BCUT2D eigenvalue weighted by Gasteiger charge is -2.22. The van der Waals surface area contributed by atoms with Crippen LogP contribution in [0.15, 0.2) is 60.7 Å². The van der Waals surface area contributed by atoms with Crippen molar-refractivity contribution >= 4 is 5.78 Å². The molecule has 33 heavy (non-hydrogen) atoms. The number of rotatable bonds is 12. The van der Waals surface area contributed by atoms with Crippen LogP contribution in [0.5, 0.6) is 11.5 Å². The summed E-state index contributed by atoms with van der Waals surface area (Å²) in [5, 5.41) is 0. The highest BCUT2D eigenvalue weighted by atomic mass is 16.7. The normalized spacial score (nSPS) is 10.8. The summed E-state index contributed by atoms with van der Waals surface area (Å²) in [6.45, 7) is 2.03. The molecule has 0 saturated heterocycles. The molecule has 0 fully saturated rings. The zero-order chi connectivity index (χ0) is 23.6. The molecule has 0 atom stereocenters. The number of Topliss-reactive ketones (excluding diaryl/α,β-unsaturated/α-hetero) is 1. The van der Waals surface area contributed by atoms with Gasteiger partial charge in [-0.25, -0.2) is 0 Å². The molecule has 6 heteroatoms. The molecule has 0 unspecified atom stereocenters. The number of ketones is 1. The predicted molar refractivity (Wildman–Crippen MR) is 128 cm³/mol. The molecule has 6 nitrogen and oxygen atoms in total. The van der Waals surface area contributed by atoms with E-state index < -0.39 is 0 Å². The van der Waals surface area contributed by atoms with Crippen molar-refractivity contribution < 1.29 is 28.5 Å². The largest absolute Gasteiger partial charge is 0.467 e. The van der Waals surface area contributed by atoms with Gasteiger partial charge in [-0.3, -0.25) is 4.79 Å². The van der Waals surface area contributed by atoms with Crippen LogP contribution in [0.3, 0.4) is 0 Å². The fourth-order valence-electron chi connectivity index (χ4n) is 3.80. The molecule has 0 amide bonds. The van der Waals surface area contributed by atoms with E-state index in [0.717, 1.165) is 27.8 Å². The van der Waals surface area contributed by atoms with E-state index in [1.165, 1.54) is 14.0 Å². The van der Waals surface area contributed by atoms with E-state index in [0.29, 0.717) is 30.1 Å². The molecule has 0 saturated carbocycles. The van der Waals surface area contributed by atoms with Gasteiger partial charge in [-0.15, -0.1) is 0 Å². The molecular formula is C27H30O6. The molecule has 174 valence electrons. The number of benzene rings is 3. The third-order valence-corrected chi connectivity index (χ3v) is 5.19. The predicted octanol–water partition coefficient (Wildman–Crippen LogP) is 5.38. The molecule has 0 heterocycles. The van der Waals surface area contributed by atoms with Crippen LogP contribution in [0.4, 0.5) is 0 Å². The minimum Gasteiger partial charge on any atom is -0.467 e. The van der Waals surface area contributed by atoms with Crippen molar-refractivity contribution in [1.29, 1.82) is 0 Å². The van der Waals surface area contributed by atoms with Crippen LogP contribution in [0.25, 0.3) is 22.3 Å². The third kappa shape index (κ3) is 5.99. The van der Waals surface area contributed by atoms with Crippen molar-refractivity contribution in [3.8, 4) is 33.8 Å². The molecule has 0 aromatic heterocycles. The number of carbonyl (C=O) groups excluding carboxylic acids is 1. The Balaban J connectivity index is 2.27. The highest BCUT2D eigenvalue weighted by Crippen LogP contribution is 2.42. The van der Waals surface area contributed by atoms with Crippen LogP contribution in [0.2, 0.25) is 0 Å². The number of ether oxygens (including phenoxy) is 5. The number of hydrogen-bond donors (Lipinski definition) is 0. The van der Waals surface area contributed by atoms with Crippen LogP contribution < -0.4 is 9.47 Å². The van der Waals surface area contributed by atoms with Crippen LogP contribution >= 0.6 is 0 Å². The first-order chi connectivity index (χ1) is 16.1. The molecule has 3 rings (SSSR count). The van der Waals surface area contributed by atoms with Crippen LogP contribution in [0, 0.1) is 0 Å². The first kappa shape index (κ1) is 24.5. The van der Waals surface area contributed by atoms with Gasteiger partial charge in [0.1, 0.15) is 11.5 Å². The Morgan fingerprint density at radius 1 is 0.727 bits per heavy atom. The summed E-state index contributed by atoms with van der Waals surface area (Å²) in [5.41, 5.74) is 5.20. The maximum Gasteiger partial charge on any atom is 0.188 e. The summed E-state index contributed by atoms with van der Waals surface area (Å²) < 4.78 is 27.3. The first-order valence-corrected chi connectivity index (χ1v) is 10.7. The zero-order valence-electron chi connectivity index (χ0n) is 19.6. The van der Waals surface area contributed by atoms with Gasteiger partial charge in [0.15, 0.2) is 19.4 Å². The number of carbonyl (C=O) groups is 1. The summed E-state index contributed by atoms with van der Waals surface area (Å²) in [7, 11) is 4.73. The second kappa shape index (κ2) is 12.2. The first-order valence-electron chi connectivity index (χ1n) is 10.7. The average molecular weight is 451 g/mol. The lowest BCUT2D eigenvalue weighted by atomic mass is 9.89. The maximum absolute atomic E-state index is 12.8. The van der Waals surface area contributed by atoms with Crippen molar-refractivity contribution in [3.05, 3.63) is 71.8 Å². The van der Waals surface area contributed by atoms with Crippen LogP contribution in [-0.2, 0) is 20.6 Å². The quantitative estimate of drug-likeness (QED) is 0.273. The Morgan fingerprint density at radius 3 is 2.00 bits per heavy atom. The molecular weight excluding hydrogens is 420 g/mol. The van der Waals surface area contributed by atoms with Gasteiger partial charge in [0.25, 0.3) is 0 Å². The van der Waals surface area contributed by atoms with E-state index in [4.69, 9.17) is 23.7 Å². The summed E-state index contributed by atoms with van der Waals surface area (Å²) >= 11 is 0. The van der Waals surface area contributed by atoms with E-state index in [-0.39, 0.29) is 19.4 Å². The van der Waals surface area contributed by atoms with E-state index in [1.54, 1.807) is 20.3 Å². The van der Waals surface area contributed by atoms with Gasteiger partial charge in [0.2, 0.25) is 0 Å².